The molecule has 0 saturated carbocycles. The molecule has 5 nitrogen and oxygen atoms in total. The van der Waals surface area contributed by atoms with E-state index < -0.39 is 20.0 Å². The van der Waals surface area contributed by atoms with E-state index in [-0.39, 0.29) is 17.9 Å². The van der Waals surface area contributed by atoms with Crippen LogP contribution in [0.3, 0.4) is 0 Å². The highest BCUT2D eigenvalue weighted by Crippen LogP contribution is 2.31. The van der Waals surface area contributed by atoms with Gasteiger partial charge in [0.25, 0.3) is 0 Å². The van der Waals surface area contributed by atoms with Crippen LogP contribution in [-0.2, 0) is 11.2 Å². The van der Waals surface area contributed by atoms with Crippen LogP contribution in [-0.4, -0.2) is 27.7 Å². The van der Waals surface area contributed by atoms with Gasteiger partial charge in [0.05, 0.1) is 12.1 Å². The van der Waals surface area contributed by atoms with Crippen molar-refractivity contribution in [2.24, 2.45) is 0 Å². The van der Waals surface area contributed by atoms with Gasteiger partial charge in [0.15, 0.2) is 5.13 Å². The molecule has 3 aromatic rings. The normalized spacial score (nSPS) is 11.1. The second-order valence-electron chi connectivity index (χ2n) is 6.13. The van der Waals surface area contributed by atoms with Crippen molar-refractivity contribution in [3.63, 3.8) is 0 Å². The summed E-state index contributed by atoms with van der Waals surface area (Å²) in [6.07, 6.45) is 0.0867. The molecule has 0 aliphatic rings. The molecule has 0 fully saturated rings. The molecule has 28 heavy (non-hydrogen) atoms. The predicted octanol–water partition coefficient (Wildman–Crippen LogP) is 3.52. The fourth-order valence-corrected chi connectivity index (χ4v) is 4.32. The third-order valence-electron chi connectivity index (χ3n) is 4.15. The van der Waals surface area contributed by atoms with Crippen molar-refractivity contribution >= 4 is 35.4 Å². The Bertz CT molecular complexity index is 1010. The van der Waals surface area contributed by atoms with Gasteiger partial charge in [-0.15, -0.1) is 0 Å². The smallest absolute Gasteiger partial charge is 0.232 e. The Morgan fingerprint density at radius 1 is 1.18 bits per heavy atom. The number of aromatic nitrogens is 1. The summed E-state index contributed by atoms with van der Waals surface area (Å²) in [5.41, 5.74) is 1.86. The summed E-state index contributed by atoms with van der Waals surface area (Å²) in [5.74, 6) is -1.28. The molecular formula is C19H17F2N2O3PS. The number of thiazole rings is 1. The fourth-order valence-electron chi connectivity index (χ4n) is 2.62. The van der Waals surface area contributed by atoms with E-state index in [4.69, 9.17) is 0 Å². The number of halogens is 2. The topological polar surface area (TPSA) is 73.7 Å². The monoisotopic (exact) mass is 422 g/mol. The first-order valence-electron chi connectivity index (χ1n) is 8.22. The number of rotatable bonds is 5. The van der Waals surface area contributed by atoms with E-state index in [1.54, 1.807) is 38.2 Å². The standard InChI is InChI=1S/C19H17F2N2O3PS/c1-11-18(27(25)26)28-19(22-11)23(2)17(24)9-12-3-5-13(6-4-12)15-10-14(20)7-8-16(15)21/h3-8,10,25-26H,9H2,1-2H3. The molecule has 0 unspecified atom stereocenters. The molecule has 2 aromatic carbocycles. The van der Waals surface area contributed by atoms with E-state index in [0.717, 1.165) is 29.5 Å². The minimum absolute atomic E-state index is 0.0867. The van der Waals surface area contributed by atoms with Crippen molar-refractivity contribution in [1.29, 1.82) is 0 Å². The zero-order chi connectivity index (χ0) is 20.4. The van der Waals surface area contributed by atoms with Gasteiger partial charge in [0.2, 0.25) is 14.3 Å². The lowest BCUT2D eigenvalue weighted by atomic mass is 10.0. The zero-order valence-electron chi connectivity index (χ0n) is 15.1. The van der Waals surface area contributed by atoms with Crippen LogP contribution >= 0.6 is 19.7 Å². The van der Waals surface area contributed by atoms with Crippen LogP contribution in [0.2, 0.25) is 0 Å². The largest absolute Gasteiger partial charge is 0.346 e. The molecule has 1 amide bonds. The highest BCUT2D eigenvalue weighted by Gasteiger charge is 2.20. The lowest BCUT2D eigenvalue weighted by Gasteiger charge is -2.14. The summed E-state index contributed by atoms with van der Waals surface area (Å²) in [4.78, 5) is 36.8. The van der Waals surface area contributed by atoms with Crippen molar-refractivity contribution in [3.05, 3.63) is 65.4 Å². The summed E-state index contributed by atoms with van der Waals surface area (Å²) < 4.78 is 27.6. The molecule has 1 aromatic heterocycles. The minimum Gasteiger partial charge on any atom is -0.346 e. The first kappa shape index (κ1) is 20.5. The Morgan fingerprint density at radius 2 is 1.86 bits per heavy atom. The molecule has 0 saturated heterocycles. The van der Waals surface area contributed by atoms with Gasteiger partial charge in [0, 0.05) is 12.6 Å². The molecule has 9 heteroatoms. The van der Waals surface area contributed by atoms with Gasteiger partial charge in [-0.2, -0.15) is 0 Å². The molecule has 146 valence electrons. The Kier molecular flexibility index (Phi) is 6.15. The molecule has 0 bridgehead atoms. The molecule has 0 atom stereocenters. The number of aryl methyl sites for hydroxylation is 1. The molecular weight excluding hydrogens is 405 g/mol. The quantitative estimate of drug-likeness (QED) is 0.617. The van der Waals surface area contributed by atoms with Gasteiger partial charge in [0.1, 0.15) is 16.3 Å². The SMILES string of the molecule is Cc1nc(N(C)C(=O)Cc2ccc(-c3cc(F)ccc3F)cc2)sc1P(O)O. The number of carbonyl (C=O) groups is 1. The van der Waals surface area contributed by atoms with E-state index in [1.807, 2.05) is 0 Å². The van der Waals surface area contributed by atoms with E-state index in [1.165, 1.54) is 4.90 Å². The van der Waals surface area contributed by atoms with Crippen molar-refractivity contribution in [2.45, 2.75) is 13.3 Å². The van der Waals surface area contributed by atoms with Gasteiger partial charge >= 0.3 is 0 Å². The minimum atomic E-state index is -2.26. The summed E-state index contributed by atoms with van der Waals surface area (Å²) >= 11 is 1.06. The van der Waals surface area contributed by atoms with Gasteiger partial charge in [-0.3, -0.25) is 9.69 Å². The van der Waals surface area contributed by atoms with E-state index in [9.17, 15) is 23.4 Å². The van der Waals surface area contributed by atoms with Gasteiger partial charge in [-0.25, -0.2) is 13.8 Å². The number of likely N-dealkylation sites (N-methyl/N-ethyl adjacent to an activating group) is 1. The second kappa shape index (κ2) is 8.41. The van der Waals surface area contributed by atoms with Crippen molar-refractivity contribution in [2.75, 3.05) is 11.9 Å². The van der Waals surface area contributed by atoms with Crippen LogP contribution in [0, 0.1) is 18.6 Å². The number of anilines is 1. The van der Waals surface area contributed by atoms with Crippen molar-refractivity contribution in [1.82, 2.24) is 4.98 Å². The van der Waals surface area contributed by atoms with Crippen LogP contribution < -0.4 is 9.52 Å². The molecule has 0 aliphatic heterocycles. The highest BCUT2D eigenvalue weighted by atomic mass is 32.1. The first-order chi connectivity index (χ1) is 13.3. The number of hydrogen-bond acceptors (Lipinski definition) is 5. The molecule has 0 spiro atoms. The number of amides is 1. The maximum Gasteiger partial charge on any atom is 0.232 e. The highest BCUT2D eigenvalue weighted by molar-refractivity contribution is 7.62. The second-order valence-corrected chi connectivity index (χ2v) is 8.43. The van der Waals surface area contributed by atoms with Gasteiger partial charge in [-0.05, 0) is 36.2 Å². The van der Waals surface area contributed by atoms with Crippen LogP contribution in [0.15, 0.2) is 42.5 Å². The lowest BCUT2D eigenvalue weighted by Crippen LogP contribution is -2.27. The molecule has 1 heterocycles. The van der Waals surface area contributed by atoms with E-state index >= 15 is 0 Å². The van der Waals surface area contributed by atoms with Gasteiger partial charge in [-0.1, -0.05) is 35.6 Å². The maximum atomic E-state index is 13.9. The van der Waals surface area contributed by atoms with Crippen molar-refractivity contribution in [3.8, 4) is 11.1 Å². The van der Waals surface area contributed by atoms with Crippen molar-refractivity contribution < 1.29 is 23.4 Å². The summed E-state index contributed by atoms with van der Waals surface area (Å²) in [5, 5.41) is 0.381. The third-order valence-corrected chi connectivity index (χ3v) is 6.64. The van der Waals surface area contributed by atoms with Crippen LogP contribution in [0.5, 0.6) is 0 Å². The Balaban J connectivity index is 1.74. The molecule has 2 N–H and O–H groups in total. The average molecular weight is 422 g/mol. The van der Waals surface area contributed by atoms with Crippen LogP contribution in [0.4, 0.5) is 13.9 Å². The molecule has 3 rings (SSSR count). The number of benzene rings is 2. The van der Waals surface area contributed by atoms with Crippen LogP contribution in [0.1, 0.15) is 11.3 Å². The predicted molar refractivity (Wildman–Crippen MR) is 107 cm³/mol. The molecule has 0 aliphatic carbocycles. The summed E-state index contributed by atoms with van der Waals surface area (Å²) in [7, 11) is -0.691. The van der Waals surface area contributed by atoms with E-state index in [2.05, 4.69) is 4.98 Å². The average Bonchev–Trinajstić information content (AvgIpc) is 3.05. The maximum absolute atomic E-state index is 13.9. The number of nitrogens with zero attached hydrogens (tertiary/aromatic N) is 2. The number of carbonyl (C=O) groups excluding carboxylic acids is 1. The lowest BCUT2D eigenvalue weighted by molar-refractivity contribution is -0.117. The Morgan fingerprint density at radius 3 is 2.46 bits per heavy atom. The first-order valence-corrected chi connectivity index (χ1v) is 10.3. The van der Waals surface area contributed by atoms with E-state index in [0.29, 0.717) is 26.6 Å². The van der Waals surface area contributed by atoms with Gasteiger partial charge < -0.3 is 9.79 Å². The fraction of sp³-hybridized carbons (Fsp3) is 0.158. The molecule has 0 radical (unpaired) electrons. The third kappa shape index (κ3) is 4.42. The summed E-state index contributed by atoms with van der Waals surface area (Å²) in [6.45, 7) is 1.65. The van der Waals surface area contributed by atoms with Crippen LogP contribution in [0.25, 0.3) is 11.1 Å². The summed E-state index contributed by atoms with van der Waals surface area (Å²) in [6, 6.07) is 9.90. The Hall–Kier alpha value is -2.25. The Labute approximate surface area is 165 Å². The number of hydrogen-bond donors (Lipinski definition) is 2. The zero-order valence-corrected chi connectivity index (χ0v) is 16.8.